The maximum Gasteiger partial charge on any atom is 0.193 e. The number of rotatable bonds is 8. The molecular weight excluding hydrogens is 410 g/mol. The van der Waals surface area contributed by atoms with Crippen LogP contribution in [0.15, 0.2) is 71.2 Å². The molecule has 1 atom stereocenters. The van der Waals surface area contributed by atoms with Crippen molar-refractivity contribution < 1.29 is 4.74 Å². The summed E-state index contributed by atoms with van der Waals surface area (Å²) in [7, 11) is 0. The summed E-state index contributed by atoms with van der Waals surface area (Å²) in [5.41, 5.74) is 4.46. The number of benzene rings is 1. The van der Waals surface area contributed by atoms with E-state index in [9.17, 15) is 4.79 Å². The summed E-state index contributed by atoms with van der Waals surface area (Å²) < 4.78 is 8.40. The van der Waals surface area contributed by atoms with Gasteiger partial charge < -0.3 is 10.1 Å². The van der Waals surface area contributed by atoms with Crippen LogP contribution >= 0.6 is 0 Å². The lowest BCUT2D eigenvalue weighted by atomic mass is 10.1. The molecule has 0 bridgehead atoms. The summed E-state index contributed by atoms with van der Waals surface area (Å²) in [6.07, 6.45) is 11.5. The molecule has 1 fully saturated rings. The van der Waals surface area contributed by atoms with E-state index < -0.39 is 0 Å². The van der Waals surface area contributed by atoms with Crippen molar-refractivity contribution in [2.75, 3.05) is 11.9 Å². The average Bonchev–Trinajstić information content (AvgIpc) is 3.65. The Morgan fingerprint density at radius 1 is 1.18 bits per heavy atom. The number of aryl methyl sites for hydroxylation is 1. The minimum absolute atomic E-state index is 0.0314. The molecule has 5 heteroatoms. The highest BCUT2D eigenvalue weighted by Gasteiger charge is 2.26. The van der Waals surface area contributed by atoms with Crippen molar-refractivity contribution in [1.82, 2.24) is 9.55 Å². The van der Waals surface area contributed by atoms with E-state index >= 15 is 0 Å². The van der Waals surface area contributed by atoms with Crippen LogP contribution in [-0.4, -0.2) is 16.2 Å². The lowest BCUT2D eigenvalue weighted by Gasteiger charge is -2.23. The number of aromatic nitrogens is 2. The van der Waals surface area contributed by atoms with E-state index in [1.54, 1.807) is 6.07 Å². The molecule has 1 N–H and O–H groups in total. The molecule has 0 amide bonds. The van der Waals surface area contributed by atoms with Gasteiger partial charge in [0, 0.05) is 23.1 Å². The number of pyridine rings is 2. The fourth-order valence-electron chi connectivity index (χ4n) is 4.46. The second kappa shape index (κ2) is 9.36. The highest BCUT2D eigenvalue weighted by molar-refractivity contribution is 5.86. The third kappa shape index (κ3) is 4.64. The van der Waals surface area contributed by atoms with Gasteiger partial charge in [0.15, 0.2) is 5.43 Å². The normalized spacial score (nSPS) is 16.6. The SMILES string of the molecule is CCC(OCC1CC1)c1nc(C)cc2c1c(=O)cc(NC1=CCCC=C1)n2-c1ccccc1. The average molecular weight is 442 g/mol. The summed E-state index contributed by atoms with van der Waals surface area (Å²) in [5, 5.41) is 4.14. The first-order chi connectivity index (χ1) is 16.1. The molecule has 3 aromatic rings. The van der Waals surface area contributed by atoms with Crippen LogP contribution in [0.5, 0.6) is 0 Å². The van der Waals surface area contributed by atoms with E-state index in [-0.39, 0.29) is 11.5 Å². The number of fused-ring (bicyclic) bond motifs is 1. The fraction of sp³-hybridized carbons (Fsp3) is 0.357. The first kappa shape index (κ1) is 21.7. The predicted octanol–water partition coefficient (Wildman–Crippen LogP) is 6.22. The zero-order valence-corrected chi connectivity index (χ0v) is 19.4. The molecular formula is C28H31N3O2. The van der Waals surface area contributed by atoms with Crippen molar-refractivity contribution >= 4 is 16.7 Å². The molecule has 1 aromatic carbocycles. The maximum absolute atomic E-state index is 13.5. The molecule has 33 heavy (non-hydrogen) atoms. The summed E-state index contributed by atoms with van der Waals surface area (Å²) >= 11 is 0. The Morgan fingerprint density at radius 3 is 2.70 bits per heavy atom. The zero-order chi connectivity index (χ0) is 22.8. The zero-order valence-electron chi connectivity index (χ0n) is 19.4. The van der Waals surface area contributed by atoms with E-state index in [4.69, 9.17) is 9.72 Å². The van der Waals surface area contributed by atoms with Crippen molar-refractivity contribution in [1.29, 1.82) is 0 Å². The Hall–Kier alpha value is -3.18. The molecule has 1 saturated carbocycles. The standard InChI is InChI=1S/C28H31N3O2/c1-3-25(33-18-20-14-15-20)28-27-23(16-19(2)29-28)31(22-12-8-5-9-13-22)26(17-24(27)32)30-21-10-6-4-7-11-21/h5-6,8-13,16-17,20,25,30H,3-4,7,14-15,18H2,1-2H3. The Labute approximate surface area is 194 Å². The van der Waals surface area contributed by atoms with Crippen molar-refractivity contribution in [3.05, 3.63) is 88.0 Å². The van der Waals surface area contributed by atoms with E-state index in [2.05, 4.69) is 47.2 Å². The second-order valence-electron chi connectivity index (χ2n) is 9.05. The van der Waals surface area contributed by atoms with Crippen molar-refractivity contribution in [2.24, 2.45) is 5.92 Å². The number of ether oxygens (including phenoxy) is 1. The number of hydrogen-bond acceptors (Lipinski definition) is 4. The molecule has 0 aliphatic heterocycles. The van der Waals surface area contributed by atoms with Crippen LogP contribution < -0.4 is 10.7 Å². The van der Waals surface area contributed by atoms with E-state index in [1.165, 1.54) is 12.8 Å². The molecule has 2 aromatic heterocycles. The Balaban J connectivity index is 1.71. The molecule has 2 aliphatic carbocycles. The number of anilines is 1. The lowest BCUT2D eigenvalue weighted by Crippen LogP contribution is -2.18. The van der Waals surface area contributed by atoms with Crippen LogP contribution in [0.1, 0.15) is 56.5 Å². The molecule has 2 aliphatic rings. The first-order valence-electron chi connectivity index (χ1n) is 12.0. The van der Waals surface area contributed by atoms with E-state index in [0.29, 0.717) is 11.3 Å². The molecule has 0 spiro atoms. The smallest absolute Gasteiger partial charge is 0.193 e. The van der Waals surface area contributed by atoms with Crippen LogP contribution in [0.4, 0.5) is 5.82 Å². The summed E-state index contributed by atoms with van der Waals surface area (Å²) in [6, 6.07) is 13.9. The molecule has 5 nitrogen and oxygen atoms in total. The molecule has 0 radical (unpaired) electrons. The van der Waals surface area contributed by atoms with Crippen LogP contribution in [-0.2, 0) is 4.74 Å². The maximum atomic E-state index is 13.5. The Morgan fingerprint density at radius 2 is 2.00 bits per heavy atom. The first-order valence-corrected chi connectivity index (χ1v) is 12.0. The van der Waals surface area contributed by atoms with Gasteiger partial charge in [-0.2, -0.15) is 0 Å². The van der Waals surface area contributed by atoms with Crippen LogP contribution in [0, 0.1) is 12.8 Å². The van der Waals surface area contributed by atoms with Gasteiger partial charge in [-0.15, -0.1) is 0 Å². The molecule has 170 valence electrons. The minimum atomic E-state index is -0.187. The highest BCUT2D eigenvalue weighted by Crippen LogP contribution is 2.34. The van der Waals surface area contributed by atoms with E-state index in [0.717, 1.165) is 60.0 Å². The quantitative estimate of drug-likeness (QED) is 0.451. The van der Waals surface area contributed by atoms with Gasteiger partial charge in [0.2, 0.25) is 0 Å². The van der Waals surface area contributed by atoms with Gasteiger partial charge in [0.1, 0.15) is 11.9 Å². The molecule has 2 heterocycles. The minimum Gasteiger partial charge on any atom is -0.372 e. The van der Waals surface area contributed by atoms with Crippen molar-refractivity contribution in [2.45, 2.75) is 52.1 Å². The summed E-state index contributed by atoms with van der Waals surface area (Å²) in [4.78, 5) is 18.4. The number of nitrogens with zero attached hydrogens (tertiary/aromatic N) is 2. The van der Waals surface area contributed by atoms with Crippen molar-refractivity contribution in [3.63, 3.8) is 0 Å². The number of hydrogen-bond donors (Lipinski definition) is 1. The van der Waals surface area contributed by atoms with Crippen LogP contribution in [0.25, 0.3) is 16.6 Å². The van der Waals surface area contributed by atoms with Crippen molar-refractivity contribution in [3.8, 4) is 5.69 Å². The second-order valence-corrected chi connectivity index (χ2v) is 9.05. The van der Waals surface area contributed by atoms with E-state index in [1.807, 2.05) is 31.2 Å². The number of allylic oxidation sites excluding steroid dienone is 3. The third-order valence-corrected chi connectivity index (χ3v) is 6.34. The van der Waals surface area contributed by atoms with Gasteiger partial charge in [0.05, 0.1) is 23.2 Å². The van der Waals surface area contributed by atoms with Crippen LogP contribution in [0.2, 0.25) is 0 Å². The predicted molar refractivity (Wildman–Crippen MR) is 134 cm³/mol. The monoisotopic (exact) mass is 441 g/mol. The van der Waals surface area contributed by atoms with Gasteiger partial charge >= 0.3 is 0 Å². The highest BCUT2D eigenvalue weighted by atomic mass is 16.5. The fourth-order valence-corrected chi connectivity index (χ4v) is 4.46. The third-order valence-electron chi connectivity index (χ3n) is 6.34. The molecule has 5 rings (SSSR count). The van der Waals surface area contributed by atoms with Gasteiger partial charge in [-0.25, -0.2) is 0 Å². The van der Waals surface area contributed by atoms with Gasteiger partial charge in [-0.1, -0.05) is 37.3 Å². The summed E-state index contributed by atoms with van der Waals surface area (Å²) in [5.74, 6) is 1.41. The molecule has 0 saturated heterocycles. The van der Waals surface area contributed by atoms with Gasteiger partial charge in [-0.05, 0) is 69.2 Å². The topological polar surface area (TPSA) is 56.1 Å². The molecule has 1 unspecified atom stereocenters. The van der Waals surface area contributed by atoms with Crippen LogP contribution in [0.3, 0.4) is 0 Å². The van der Waals surface area contributed by atoms with Gasteiger partial charge in [0.25, 0.3) is 0 Å². The number of para-hydroxylation sites is 1. The lowest BCUT2D eigenvalue weighted by molar-refractivity contribution is 0.0408. The van der Waals surface area contributed by atoms with Gasteiger partial charge in [-0.3, -0.25) is 14.3 Å². The summed E-state index contributed by atoms with van der Waals surface area (Å²) in [6.45, 7) is 4.83. The Bertz CT molecular complexity index is 1270. The number of nitrogens with one attached hydrogen (secondary N) is 1. The largest absolute Gasteiger partial charge is 0.372 e. The Kier molecular flexibility index (Phi) is 6.14.